The molecule has 5 heteroatoms. The predicted molar refractivity (Wildman–Crippen MR) is 86.9 cm³/mol. The second-order valence-corrected chi connectivity index (χ2v) is 6.98. The summed E-state index contributed by atoms with van der Waals surface area (Å²) in [4.78, 5) is 19.7. The minimum absolute atomic E-state index is 0.0282. The van der Waals surface area contributed by atoms with Crippen molar-refractivity contribution in [1.82, 2.24) is 14.7 Å². The third-order valence-corrected chi connectivity index (χ3v) is 5.63. The van der Waals surface area contributed by atoms with Gasteiger partial charge < -0.3 is 14.5 Å². The van der Waals surface area contributed by atoms with Crippen LogP contribution in [0.1, 0.15) is 39.0 Å². The van der Waals surface area contributed by atoms with Crippen molar-refractivity contribution in [3.05, 3.63) is 0 Å². The third-order valence-electron chi connectivity index (χ3n) is 5.63. The van der Waals surface area contributed by atoms with E-state index in [9.17, 15) is 4.79 Å². The molecule has 3 aliphatic rings. The van der Waals surface area contributed by atoms with E-state index in [-0.39, 0.29) is 6.04 Å². The maximum Gasteiger partial charge on any atom is 0.239 e. The highest BCUT2D eigenvalue weighted by atomic mass is 16.5. The summed E-state index contributed by atoms with van der Waals surface area (Å²) in [6.07, 6.45) is 6.58. The van der Waals surface area contributed by atoms with E-state index in [0.29, 0.717) is 19.1 Å². The lowest BCUT2D eigenvalue weighted by Gasteiger charge is -2.42. The van der Waals surface area contributed by atoms with Crippen LogP contribution in [0.4, 0.5) is 0 Å². The maximum atomic E-state index is 12.6. The number of nitrogens with zero attached hydrogens (tertiary/aromatic N) is 3. The van der Waals surface area contributed by atoms with Gasteiger partial charge in [-0.15, -0.1) is 0 Å². The number of hydrogen-bond acceptors (Lipinski definition) is 4. The van der Waals surface area contributed by atoms with Crippen LogP contribution in [-0.2, 0) is 9.53 Å². The van der Waals surface area contributed by atoms with Gasteiger partial charge in [-0.2, -0.15) is 0 Å². The van der Waals surface area contributed by atoms with Crippen LogP contribution in [0.25, 0.3) is 0 Å². The molecular formula is C17H31N3O2. The predicted octanol–water partition coefficient (Wildman–Crippen LogP) is 1.18. The second kappa shape index (κ2) is 7.75. The molecule has 0 aliphatic carbocycles. The topological polar surface area (TPSA) is 36.0 Å². The van der Waals surface area contributed by atoms with Crippen molar-refractivity contribution < 1.29 is 9.53 Å². The first-order chi connectivity index (χ1) is 10.8. The molecule has 126 valence electrons. The van der Waals surface area contributed by atoms with E-state index in [1.54, 1.807) is 0 Å². The van der Waals surface area contributed by atoms with Crippen LogP contribution in [0, 0.1) is 0 Å². The highest BCUT2D eigenvalue weighted by Crippen LogP contribution is 2.22. The number of likely N-dealkylation sites (tertiary alicyclic amines) is 2. The Kier molecular flexibility index (Phi) is 5.71. The molecule has 0 N–H and O–H groups in total. The number of ether oxygens (including phenoxy) is 1. The van der Waals surface area contributed by atoms with Crippen LogP contribution in [0.2, 0.25) is 0 Å². The Balaban J connectivity index is 1.46. The van der Waals surface area contributed by atoms with Crippen molar-refractivity contribution in [1.29, 1.82) is 0 Å². The maximum absolute atomic E-state index is 12.6. The molecule has 0 spiro atoms. The van der Waals surface area contributed by atoms with Gasteiger partial charge in [0.15, 0.2) is 0 Å². The van der Waals surface area contributed by atoms with Crippen molar-refractivity contribution in [3.63, 3.8) is 0 Å². The summed E-state index contributed by atoms with van der Waals surface area (Å²) >= 11 is 0. The van der Waals surface area contributed by atoms with Gasteiger partial charge in [0.2, 0.25) is 5.91 Å². The van der Waals surface area contributed by atoms with Gasteiger partial charge >= 0.3 is 0 Å². The van der Waals surface area contributed by atoms with Crippen molar-refractivity contribution in [3.8, 4) is 0 Å². The molecule has 0 bridgehead atoms. The fourth-order valence-electron chi connectivity index (χ4n) is 4.13. The zero-order valence-corrected chi connectivity index (χ0v) is 14.0. The zero-order valence-electron chi connectivity index (χ0n) is 14.0. The van der Waals surface area contributed by atoms with E-state index < -0.39 is 0 Å². The summed E-state index contributed by atoms with van der Waals surface area (Å²) in [5.41, 5.74) is 0. The van der Waals surface area contributed by atoms with Gasteiger partial charge in [0.05, 0.1) is 19.3 Å². The number of amides is 1. The van der Waals surface area contributed by atoms with E-state index in [0.717, 1.165) is 32.2 Å². The molecular weight excluding hydrogens is 278 g/mol. The molecule has 0 aromatic heterocycles. The largest absolute Gasteiger partial charge is 0.378 e. The number of piperidine rings is 2. The van der Waals surface area contributed by atoms with Crippen molar-refractivity contribution >= 4 is 5.91 Å². The van der Waals surface area contributed by atoms with E-state index in [1.165, 1.54) is 45.2 Å². The lowest BCUT2D eigenvalue weighted by atomic mass is 9.98. The minimum Gasteiger partial charge on any atom is -0.378 e. The lowest BCUT2D eigenvalue weighted by Crippen LogP contribution is -2.54. The van der Waals surface area contributed by atoms with Gasteiger partial charge in [-0.05, 0) is 45.7 Å². The van der Waals surface area contributed by atoms with Gasteiger partial charge in [0, 0.05) is 32.2 Å². The fourth-order valence-corrected chi connectivity index (χ4v) is 4.13. The normalized spacial score (nSPS) is 27.8. The highest BCUT2D eigenvalue weighted by Gasteiger charge is 2.31. The molecule has 0 saturated carbocycles. The van der Waals surface area contributed by atoms with Crippen LogP contribution in [0.5, 0.6) is 0 Å². The minimum atomic E-state index is 0.0282. The molecule has 3 saturated heterocycles. The first-order valence-electron chi connectivity index (χ1n) is 9.10. The van der Waals surface area contributed by atoms with Gasteiger partial charge in [0.25, 0.3) is 0 Å². The van der Waals surface area contributed by atoms with Crippen LogP contribution in [0.3, 0.4) is 0 Å². The Morgan fingerprint density at radius 3 is 2.23 bits per heavy atom. The summed E-state index contributed by atoms with van der Waals surface area (Å²) in [7, 11) is 0. The van der Waals surface area contributed by atoms with E-state index in [4.69, 9.17) is 4.74 Å². The Morgan fingerprint density at radius 1 is 0.955 bits per heavy atom. The number of carbonyl (C=O) groups excluding carboxylic acids is 1. The molecule has 0 aromatic carbocycles. The molecule has 0 aromatic rings. The average Bonchev–Trinajstić information content (AvgIpc) is 2.62. The monoisotopic (exact) mass is 309 g/mol. The molecule has 3 rings (SSSR count). The van der Waals surface area contributed by atoms with E-state index >= 15 is 0 Å². The molecule has 3 aliphatic heterocycles. The van der Waals surface area contributed by atoms with Crippen LogP contribution < -0.4 is 0 Å². The zero-order chi connectivity index (χ0) is 15.4. The Hall–Kier alpha value is -0.650. The summed E-state index contributed by atoms with van der Waals surface area (Å²) in [5, 5.41) is 0. The molecule has 1 amide bonds. The average molecular weight is 309 g/mol. The molecule has 0 unspecified atom stereocenters. The van der Waals surface area contributed by atoms with Gasteiger partial charge in [-0.25, -0.2) is 0 Å². The van der Waals surface area contributed by atoms with Crippen molar-refractivity contribution in [2.24, 2.45) is 0 Å². The smallest absolute Gasteiger partial charge is 0.239 e. The molecule has 1 atom stereocenters. The molecule has 3 heterocycles. The Labute approximate surface area is 134 Å². The quantitative estimate of drug-likeness (QED) is 0.784. The lowest BCUT2D eigenvalue weighted by molar-refractivity contribution is -0.141. The van der Waals surface area contributed by atoms with E-state index in [2.05, 4.69) is 16.7 Å². The standard InChI is InChI=1S/C17H31N3O2/c1-15(17(21)20-11-13-22-14-12-20)18-9-5-16(6-10-18)19-7-3-2-4-8-19/h15-16H,2-14H2,1H3/t15-/m0/s1. The van der Waals surface area contributed by atoms with Gasteiger partial charge in [-0.1, -0.05) is 6.42 Å². The Morgan fingerprint density at radius 2 is 1.59 bits per heavy atom. The summed E-state index contributed by atoms with van der Waals surface area (Å²) in [6, 6.07) is 0.780. The van der Waals surface area contributed by atoms with Crippen LogP contribution in [-0.4, -0.2) is 85.2 Å². The summed E-state index contributed by atoms with van der Waals surface area (Å²) < 4.78 is 5.34. The molecule has 0 radical (unpaired) electrons. The number of rotatable bonds is 3. The number of hydrogen-bond donors (Lipinski definition) is 0. The second-order valence-electron chi connectivity index (χ2n) is 6.98. The first kappa shape index (κ1) is 16.2. The SMILES string of the molecule is C[C@@H](C(=O)N1CCOCC1)N1CCC(N2CCCCC2)CC1. The number of morpholine rings is 1. The first-order valence-corrected chi connectivity index (χ1v) is 9.10. The summed E-state index contributed by atoms with van der Waals surface area (Å²) in [5.74, 6) is 0.291. The van der Waals surface area contributed by atoms with Crippen LogP contribution in [0.15, 0.2) is 0 Å². The van der Waals surface area contributed by atoms with Crippen LogP contribution >= 0.6 is 0 Å². The van der Waals surface area contributed by atoms with Crippen molar-refractivity contribution in [2.45, 2.75) is 51.1 Å². The van der Waals surface area contributed by atoms with E-state index in [1.807, 2.05) is 4.90 Å². The van der Waals surface area contributed by atoms with Crippen molar-refractivity contribution in [2.75, 3.05) is 52.5 Å². The fraction of sp³-hybridized carbons (Fsp3) is 0.941. The molecule has 22 heavy (non-hydrogen) atoms. The molecule has 3 fully saturated rings. The van der Waals surface area contributed by atoms with Gasteiger partial charge in [-0.3, -0.25) is 9.69 Å². The third kappa shape index (κ3) is 3.81. The molecule has 5 nitrogen and oxygen atoms in total. The Bertz CT molecular complexity index is 357. The summed E-state index contributed by atoms with van der Waals surface area (Å²) in [6.45, 7) is 9.68. The van der Waals surface area contributed by atoms with Gasteiger partial charge in [0.1, 0.15) is 0 Å². The highest BCUT2D eigenvalue weighted by molar-refractivity contribution is 5.81. The number of carbonyl (C=O) groups is 1.